The molecule has 18 heavy (non-hydrogen) atoms. The summed E-state index contributed by atoms with van der Waals surface area (Å²) in [4.78, 5) is 0. The fourth-order valence-electron chi connectivity index (χ4n) is 2.94. The average molecular weight is 357 g/mol. The van der Waals surface area contributed by atoms with E-state index < -0.39 is 0 Å². The van der Waals surface area contributed by atoms with Gasteiger partial charge in [0.2, 0.25) is 0 Å². The molecule has 0 aliphatic heterocycles. The van der Waals surface area contributed by atoms with Gasteiger partial charge in [-0.05, 0) is 78.8 Å². The van der Waals surface area contributed by atoms with E-state index >= 15 is 0 Å². The van der Waals surface area contributed by atoms with E-state index in [2.05, 4.69) is 66.0 Å². The Hall–Kier alpha value is -0.0900. The van der Waals surface area contributed by atoms with Crippen LogP contribution in [0.2, 0.25) is 0 Å². The lowest BCUT2D eigenvalue weighted by atomic mass is 9.84. The first-order valence-electron chi connectivity index (χ1n) is 7.20. The predicted molar refractivity (Wildman–Crippen MR) is 86.7 cm³/mol. The van der Waals surface area contributed by atoms with E-state index in [9.17, 15) is 0 Å². The molecule has 1 aromatic rings. The van der Waals surface area contributed by atoms with E-state index in [1.807, 2.05) is 0 Å². The summed E-state index contributed by atoms with van der Waals surface area (Å²) in [5.74, 6) is 0.983. The van der Waals surface area contributed by atoms with Gasteiger partial charge in [-0.3, -0.25) is 0 Å². The highest BCUT2D eigenvalue weighted by atomic mass is 127. The van der Waals surface area contributed by atoms with Crippen LogP contribution in [-0.2, 0) is 0 Å². The van der Waals surface area contributed by atoms with Crippen LogP contribution < -0.4 is 5.32 Å². The van der Waals surface area contributed by atoms with E-state index in [0.717, 1.165) is 12.0 Å². The molecule has 0 radical (unpaired) electrons. The molecule has 0 aromatic heterocycles. The molecule has 2 rings (SSSR count). The number of hydrogen-bond acceptors (Lipinski definition) is 1. The summed E-state index contributed by atoms with van der Waals surface area (Å²) in [7, 11) is 0. The molecular weight excluding hydrogens is 333 g/mol. The summed E-state index contributed by atoms with van der Waals surface area (Å²) in [5.41, 5.74) is 1.41. The second-order valence-corrected chi connectivity index (χ2v) is 6.81. The molecule has 1 aliphatic carbocycles. The van der Waals surface area contributed by atoms with Gasteiger partial charge in [0, 0.05) is 15.7 Å². The van der Waals surface area contributed by atoms with Gasteiger partial charge < -0.3 is 5.32 Å². The van der Waals surface area contributed by atoms with Crippen LogP contribution in [0.3, 0.4) is 0 Å². The monoisotopic (exact) mass is 357 g/mol. The van der Waals surface area contributed by atoms with E-state index in [0.29, 0.717) is 6.04 Å². The fourth-order valence-corrected chi connectivity index (χ4v) is 3.30. The van der Waals surface area contributed by atoms with Crippen LogP contribution in [0, 0.1) is 9.49 Å². The van der Waals surface area contributed by atoms with Gasteiger partial charge in [0.25, 0.3) is 0 Å². The lowest BCUT2D eigenvalue weighted by Crippen LogP contribution is -2.34. The lowest BCUT2D eigenvalue weighted by Gasteiger charge is -2.31. The molecule has 0 bridgehead atoms. The lowest BCUT2D eigenvalue weighted by molar-refractivity contribution is 0.273. The Kier molecular flexibility index (Phi) is 5.49. The van der Waals surface area contributed by atoms with Crippen LogP contribution in [0.5, 0.6) is 0 Å². The molecular formula is C16H24IN. The first-order valence-corrected chi connectivity index (χ1v) is 8.28. The SMILES string of the molecule is CCC1CCC(NC(C)c2ccc(I)cc2)CC1. The summed E-state index contributed by atoms with van der Waals surface area (Å²) in [6, 6.07) is 10.1. The maximum absolute atomic E-state index is 3.80. The Bertz CT molecular complexity index is 352. The third kappa shape index (κ3) is 3.95. The van der Waals surface area contributed by atoms with Crippen molar-refractivity contribution >= 4 is 22.6 Å². The third-order valence-corrected chi connectivity index (χ3v) is 5.00. The zero-order chi connectivity index (χ0) is 13.0. The van der Waals surface area contributed by atoms with Crippen LogP contribution >= 0.6 is 22.6 Å². The minimum absolute atomic E-state index is 0.477. The summed E-state index contributed by atoms with van der Waals surface area (Å²) < 4.78 is 1.31. The molecule has 1 unspecified atom stereocenters. The molecule has 0 amide bonds. The number of nitrogens with one attached hydrogen (secondary N) is 1. The minimum Gasteiger partial charge on any atom is -0.307 e. The second-order valence-electron chi connectivity index (χ2n) is 5.57. The number of hydrogen-bond donors (Lipinski definition) is 1. The molecule has 2 heteroatoms. The van der Waals surface area contributed by atoms with E-state index in [-0.39, 0.29) is 0 Å². The van der Waals surface area contributed by atoms with Crippen LogP contribution in [0.25, 0.3) is 0 Å². The first-order chi connectivity index (χ1) is 8.69. The number of rotatable bonds is 4. The van der Waals surface area contributed by atoms with Gasteiger partial charge in [-0.25, -0.2) is 0 Å². The molecule has 1 aliphatic rings. The predicted octanol–water partition coefficient (Wildman–Crippen LogP) is 4.91. The Morgan fingerprint density at radius 3 is 2.33 bits per heavy atom. The summed E-state index contributed by atoms with van der Waals surface area (Å²) in [6.45, 7) is 4.61. The highest BCUT2D eigenvalue weighted by Crippen LogP contribution is 2.28. The minimum atomic E-state index is 0.477. The topological polar surface area (TPSA) is 12.0 Å². The van der Waals surface area contributed by atoms with E-state index in [1.165, 1.54) is 41.2 Å². The van der Waals surface area contributed by atoms with Crippen molar-refractivity contribution in [2.24, 2.45) is 5.92 Å². The van der Waals surface area contributed by atoms with Crippen molar-refractivity contribution in [1.29, 1.82) is 0 Å². The standard InChI is InChI=1S/C16H24IN/c1-3-13-4-10-16(11-5-13)18-12(2)14-6-8-15(17)9-7-14/h6-9,12-13,16,18H,3-5,10-11H2,1-2H3. The Morgan fingerprint density at radius 1 is 1.17 bits per heavy atom. The molecule has 1 aromatic carbocycles. The molecule has 1 fully saturated rings. The van der Waals surface area contributed by atoms with Crippen molar-refractivity contribution in [3.8, 4) is 0 Å². The highest BCUT2D eigenvalue weighted by Gasteiger charge is 2.21. The quantitative estimate of drug-likeness (QED) is 0.755. The van der Waals surface area contributed by atoms with Gasteiger partial charge in [-0.2, -0.15) is 0 Å². The molecule has 0 heterocycles. The maximum Gasteiger partial charge on any atom is 0.0294 e. The van der Waals surface area contributed by atoms with Crippen molar-refractivity contribution in [1.82, 2.24) is 5.32 Å². The maximum atomic E-state index is 3.80. The van der Waals surface area contributed by atoms with E-state index in [4.69, 9.17) is 0 Å². The van der Waals surface area contributed by atoms with Crippen molar-refractivity contribution < 1.29 is 0 Å². The third-order valence-electron chi connectivity index (χ3n) is 4.28. The van der Waals surface area contributed by atoms with Crippen molar-refractivity contribution in [3.05, 3.63) is 33.4 Å². The molecule has 1 nitrogen and oxygen atoms in total. The molecule has 1 saturated carbocycles. The van der Waals surface area contributed by atoms with Gasteiger partial charge in [-0.1, -0.05) is 25.5 Å². The average Bonchev–Trinajstić information content (AvgIpc) is 2.40. The Labute approximate surface area is 125 Å². The van der Waals surface area contributed by atoms with Gasteiger partial charge in [0.1, 0.15) is 0 Å². The Morgan fingerprint density at radius 2 is 1.78 bits per heavy atom. The first kappa shape index (κ1) is 14.3. The second kappa shape index (κ2) is 6.90. The van der Waals surface area contributed by atoms with Crippen LogP contribution in [0.4, 0.5) is 0 Å². The van der Waals surface area contributed by atoms with Crippen LogP contribution in [-0.4, -0.2) is 6.04 Å². The van der Waals surface area contributed by atoms with Gasteiger partial charge in [-0.15, -0.1) is 0 Å². The largest absolute Gasteiger partial charge is 0.307 e. The normalized spacial score (nSPS) is 25.9. The van der Waals surface area contributed by atoms with E-state index in [1.54, 1.807) is 0 Å². The summed E-state index contributed by atoms with van der Waals surface area (Å²) in [6.07, 6.45) is 6.89. The van der Waals surface area contributed by atoms with Gasteiger partial charge in [0.15, 0.2) is 0 Å². The zero-order valence-electron chi connectivity index (χ0n) is 11.5. The number of halogens is 1. The Balaban J connectivity index is 1.84. The zero-order valence-corrected chi connectivity index (χ0v) is 13.6. The molecule has 0 spiro atoms. The van der Waals surface area contributed by atoms with Crippen molar-refractivity contribution in [2.75, 3.05) is 0 Å². The van der Waals surface area contributed by atoms with Crippen molar-refractivity contribution in [2.45, 2.75) is 58.0 Å². The highest BCUT2D eigenvalue weighted by molar-refractivity contribution is 14.1. The molecule has 0 saturated heterocycles. The van der Waals surface area contributed by atoms with Gasteiger partial charge in [0.05, 0.1) is 0 Å². The fraction of sp³-hybridized carbons (Fsp3) is 0.625. The van der Waals surface area contributed by atoms with Crippen LogP contribution in [0.15, 0.2) is 24.3 Å². The summed E-state index contributed by atoms with van der Waals surface area (Å²) >= 11 is 2.36. The number of benzene rings is 1. The molecule has 1 N–H and O–H groups in total. The molecule has 100 valence electrons. The molecule has 1 atom stereocenters. The van der Waals surface area contributed by atoms with Crippen molar-refractivity contribution in [3.63, 3.8) is 0 Å². The summed E-state index contributed by atoms with van der Waals surface area (Å²) in [5, 5.41) is 3.80. The van der Waals surface area contributed by atoms with Crippen LogP contribution in [0.1, 0.15) is 57.6 Å². The smallest absolute Gasteiger partial charge is 0.0294 e. The van der Waals surface area contributed by atoms with Gasteiger partial charge >= 0.3 is 0 Å².